The number of ether oxygens (including phenoxy) is 1. The summed E-state index contributed by atoms with van der Waals surface area (Å²) < 4.78 is 5.29. The molecule has 2 aliphatic rings. The molecule has 0 atom stereocenters. The van der Waals surface area contributed by atoms with Crippen LogP contribution in [0.5, 0.6) is 0 Å². The zero-order chi connectivity index (χ0) is 20.2. The first-order valence-corrected chi connectivity index (χ1v) is 9.81. The van der Waals surface area contributed by atoms with E-state index in [-0.39, 0.29) is 23.9 Å². The zero-order valence-corrected chi connectivity index (χ0v) is 17.3. The van der Waals surface area contributed by atoms with E-state index in [1.165, 1.54) is 0 Å². The van der Waals surface area contributed by atoms with Gasteiger partial charge in [-0.1, -0.05) is 0 Å². The molecule has 0 unspecified atom stereocenters. The molecule has 0 saturated carbocycles. The molecule has 8 heteroatoms. The molecule has 2 fully saturated rings. The molecule has 0 aromatic rings. The van der Waals surface area contributed by atoms with Gasteiger partial charge in [-0.05, 0) is 46.5 Å². The molecule has 27 heavy (non-hydrogen) atoms. The van der Waals surface area contributed by atoms with Crippen molar-refractivity contribution in [2.24, 2.45) is 5.92 Å². The minimum Gasteiger partial charge on any atom is -0.444 e. The second kappa shape index (κ2) is 8.80. The number of hydrogen-bond donors (Lipinski definition) is 1. The second-order valence-electron chi connectivity index (χ2n) is 8.68. The highest BCUT2D eigenvalue weighted by Gasteiger charge is 2.33. The number of amides is 4. The third-order valence-electron chi connectivity index (χ3n) is 5.02. The topological polar surface area (TPSA) is 82.2 Å². The van der Waals surface area contributed by atoms with Gasteiger partial charge in [-0.2, -0.15) is 0 Å². The van der Waals surface area contributed by atoms with Gasteiger partial charge in [0, 0.05) is 52.2 Å². The number of nitrogens with zero attached hydrogens (tertiary/aromatic N) is 3. The number of rotatable bonds is 2. The smallest absolute Gasteiger partial charge is 0.407 e. The van der Waals surface area contributed by atoms with Gasteiger partial charge in [-0.3, -0.25) is 4.79 Å². The highest BCUT2D eigenvalue weighted by Crippen LogP contribution is 2.22. The van der Waals surface area contributed by atoms with E-state index < -0.39 is 11.7 Å². The Bertz CT molecular complexity index is 542. The van der Waals surface area contributed by atoms with Gasteiger partial charge >= 0.3 is 12.1 Å². The van der Waals surface area contributed by atoms with Crippen molar-refractivity contribution in [2.45, 2.75) is 58.1 Å². The van der Waals surface area contributed by atoms with Crippen LogP contribution in [0.1, 0.15) is 46.5 Å². The van der Waals surface area contributed by atoms with Gasteiger partial charge in [-0.25, -0.2) is 9.59 Å². The maximum Gasteiger partial charge on any atom is 0.407 e. The van der Waals surface area contributed by atoms with Crippen molar-refractivity contribution in [1.82, 2.24) is 20.0 Å². The molecule has 8 nitrogen and oxygen atoms in total. The fourth-order valence-electron chi connectivity index (χ4n) is 3.58. The number of hydrogen-bond acceptors (Lipinski definition) is 4. The van der Waals surface area contributed by atoms with Crippen molar-refractivity contribution in [3.05, 3.63) is 0 Å². The molecule has 0 aromatic heterocycles. The van der Waals surface area contributed by atoms with E-state index in [9.17, 15) is 14.4 Å². The summed E-state index contributed by atoms with van der Waals surface area (Å²) in [5.74, 6) is 0.175. The summed E-state index contributed by atoms with van der Waals surface area (Å²) in [5, 5.41) is 2.90. The number of likely N-dealkylation sites (tertiary alicyclic amines) is 2. The van der Waals surface area contributed by atoms with E-state index in [1.54, 1.807) is 23.9 Å². The SMILES string of the molecule is CN(C)C(=O)N1CCC(C(=O)N2CCC(NC(=O)OC(C)(C)C)CC2)CC1. The maximum absolute atomic E-state index is 12.8. The molecule has 2 heterocycles. The molecular weight excluding hydrogens is 348 g/mol. The first-order chi connectivity index (χ1) is 12.6. The monoisotopic (exact) mass is 382 g/mol. The highest BCUT2D eigenvalue weighted by atomic mass is 16.6. The van der Waals surface area contributed by atoms with Gasteiger partial charge in [0.2, 0.25) is 5.91 Å². The van der Waals surface area contributed by atoms with Crippen LogP contribution in [0, 0.1) is 5.92 Å². The van der Waals surface area contributed by atoms with Crippen molar-refractivity contribution in [3.63, 3.8) is 0 Å². The van der Waals surface area contributed by atoms with Gasteiger partial charge in [0.1, 0.15) is 5.60 Å². The quantitative estimate of drug-likeness (QED) is 0.791. The Labute approximate surface area is 162 Å². The van der Waals surface area contributed by atoms with Crippen molar-refractivity contribution < 1.29 is 19.1 Å². The van der Waals surface area contributed by atoms with Crippen LogP contribution in [-0.2, 0) is 9.53 Å². The number of carbonyl (C=O) groups is 3. The molecule has 2 saturated heterocycles. The fourth-order valence-corrected chi connectivity index (χ4v) is 3.58. The van der Waals surface area contributed by atoms with Crippen molar-refractivity contribution in [2.75, 3.05) is 40.3 Å². The Morgan fingerprint density at radius 1 is 0.926 bits per heavy atom. The van der Waals surface area contributed by atoms with Gasteiger partial charge in [0.25, 0.3) is 0 Å². The molecule has 0 bridgehead atoms. The predicted octanol–water partition coefficient (Wildman–Crippen LogP) is 1.90. The van der Waals surface area contributed by atoms with Crippen molar-refractivity contribution in [3.8, 4) is 0 Å². The molecular formula is C19H34N4O4. The molecule has 0 spiro atoms. The van der Waals surface area contributed by atoms with Crippen LogP contribution in [0.25, 0.3) is 0 Å². The lowest BCUT2D eigenvalue weighted by Crippen LogP contribution is -2.51. The maximum atomic E-state index is 12.8. The van der Waals surface area contributed by atoms with Gasteiger partial charge in [-0.15, -0.1) is 0 Å². The molecule has 2 rings (SSSR count). The van der Waals surface area contributed by atoms with Gasteiger partial charge in [0.15, 0.2) is 0 Å². The van der Waals surface area contributed by atoms with Crippen molar-refractivity contribution in [1.29, 1.82) is 0 Å². The van der Waals surface area contributed by atoms with E-state index >= 15 is 0 Å². The summed E-state index contributed by atoms with van der Waals surface area (Å²) >= 11 is 0. The zero-order valence-electron chi connectivity index (χ0n) is 17.3. The van der Waals surface area contributed by atoms with Gasteiger partial charge in [0.05, 0.1) is 0 Å². The first kappa shape index (κ1) is 21.3. The summed E-state index contributed by atoms with van der Waals surface area (Å²) in [6.45, 7) is 8.07. The number of carbonyl (C=O) groups excluding carboxylic acids is 3. The average Bonchev–Trinajstić information content (AvgIpc) is 2.59. The predicted molar refractivity (Wildman–Crippen MR) is 102 cm³/mol. The number of nitrogens with one attached hydrogen (secondary N) is 1. The molecule has 0 aliphatic carbocycles. The summed E-state index contributed by atoms with van der Waals surface area (Å²) in [6.07, 6.45) is 2.51. The lowest BCUT2D eigenvalue weighted by Gasteiger charge is -2.38. The van der Waals surface area contributed by atoms with E-state index in [2.05, 4.69) is 5.32 Å². The second-order valence-corrected chi connectivity index (χ2v) is 8.68. The average molecular weight is 383 g/mol. The molecule has 0 aromatic carbocycles. The van der Waals surface area contributed by atoms with Crippen LogP contribution in [-0.4, -0.2) is 84.6 Å². The number of urea groups is 1. The number of piperidine rings is 2. The Balaban J connectivity index is 1.74. The van der Waals surface area contributed by atoms with Crippen molar-refractivity contribution >= 4 is 18.0 Å². The van der Waals surface area contributed by atoms with Crippen LogP contribution in [0.4, 0.5) is 9.59 Å². The Hall–Kier alpha value is -1.99. The minimum atomic E-state index is -0.510. The van der Waals surface area contributed by atoms with E-state index in [0.717, 1.165) is 12.8 Å². The minimum absolute atomic E-state index is 0.00780. The van der Waals surface area contributed by atoms with Crippen LogP contribution < -0.4 is 5.32 Å². The van der Waals surface area contributed by atoms with E-state index in [4.69, 9.17) is 4.74 Å². The summed E-state index contributed by atoms with van der Waals surface area (Å²) in [5.41, 5.74) is -0.510. The van der Waals surface area contributed by atoms with E-state index in [1.807, 2.05) is 25.7 Å². The summed E-state index contributed by atoms with van der Waals surface area (Å²) in [4.78, 5) is 41.9. The van der Waals surface area contributed by atoms with Crippen LogP contribution in [0.3, 0.4) is 0 Å². The lowest BCUT2D eigenvalue weighted by molar-refractivity contribution is -0.138. The Morgan fingerprint density at radius 2 is 1.44 bits per heavy atom. The molecule has 2 aliphatic heterocycles. The van der Waals surface area contributed by atoms with Gasteiger partial charge < -0.3 is 24.8 Å². The highest BCUT2D eigenvalue weighted by molar-refractivity contribution is 5.80. The molecule has 1 N–H and O–H groups in total. The standard InChI is InChI=1S/C19H34N4O4/c1-19(2,3)27-17(25)20-15-8-12-22(13-9-15)16(24)14-6-10-23(11-7-14)18(26)21(4)5/h14-15H,6-13H2,1-5H3,(H,20,25). The Kier molecular flexibility index (Phi) is 6.95. The third kappa shape index (κ3) is 6.29. The van der Waals surface area contributed by atoms with Crippen LogP contribution in [0.15, 0.2) is 0 Å². The summed E-state index contributed by atoms with van der Waals surface area (Å²) in [6, 6.07) is 0.0541. The first-order valence-electron chi connectivity index (χ1n) is 9.81. The van der Waals surface area contributed by atoms with Crippen LogP contribution in [0.2, 0.25) is 0 Å². The van der Waals surface area contributed by atoms with E-state index in [0.29, 0.717) is 39.0 Å². The fraction of sp³-hybridized carbons (Fsp3) is 0.842. The third-order valence-corrected chi connectivity index (χ3v) is 5.02. The van der Waals surface area contributed by atoms with Crippen LogP contribution >= 0.6 is 0 Å². The Morgan fingerprint density at radius 3 is 1.93 bits per heavy atom. The largest absolute Gasteiger partial charge is 0.444 e. The lowest BCUT2D eigenvalue weighted by atomic mass is 9.94. The normalized spacial score (nSPS) is 19.6. The molecule has 154 valence electrons. The molecule has 0 radical (unpaired) electrons. The summed E-state index contributed by atoms with van der Waals surface area (Å²) in [7, 11) is 3.49. The number of alkyl carbamates (subject to hydrolysis) is 1. The molecule has 4 amide bonds.